The number of aliphatic imine (C=N–C) groups is 1. The number of ether oxygens (including phenoxy) is 1. The first-order valence-electron chi connectivity index (χ1n) is 8.50. The minimum atomic E-state index is -0.502. The third-order valence-corrected chi connectivity index (χ3v) is 5.09. The van der Waals surface area contributed by atoms with E-state index in [1.807, 2.05) is 18.2 Å². The molecule has 1 fully saturated rings. The average Bonchev–Trinajstić information content (AvgIpc) is 2.96. The highest BCUT2D eigenvalue weighted by Gasteiger charge is 2.23. The van der Waals surface area contributed by atoms with E-state index in [1.54, 1.807) is 6.07 Å². The summed E-state index contributed by atoms with van der Waals surface area (Å²) in [6.45, 7) is 1.44. The molecule has 0 atom stereocenters. The molecule has 0 saturated carbocycles. The van der Waals surface area contributed by atoms with E-state index in [0.717, 1.165) is 47.9 Å². The summed E-state index contributed by atoms with van der Waals surface area (Å²) in [7, 11) is 0. The molecular formula is C19H19ClN4O2. The summed E-state index contributed by atoms with van der Waals surface area (Å²) in [6, 6.07) is 11.9. The Balaban J connectivity index is 2.01. The Bertz CT molecular complexity index is 1030. The van der Waals surface area contributed by atoms with Gasteiger partial charge in [0, 0.05) is 41.1 Å². The smallest absolute Gasteiger partial charge is 0.280 e. The van der Waals surface area contributed by atoms with Gasteiger partial charge in [-0.05, 0) is 31.0 Å². The SMILES string of the molecule is NC(N)=NC(=O)c1cc(Cl)c2c3ccccc3n(C3CCOCC3)c2c1. The van der Waals surface area contributed by atoms with Crippen LogP contribution in [0.15, 0.2) is 41.4 Å². The Hall–Kier alpha value is -2.57. The summed E-state index contributed by atoms with van der Waals surface area (Å²) in [5, 5.41) is 2.52. The third kappa shape index (κ3) is 2.81. The van der Waals surface area contributed by atoms with Crippen LogP contribution in [0.1, 0.15) is 29.2 Å². The first kappa shape index (κ1) is 16.9. The van der Waals surface area contributed by atoms with E-state index in [1.165, 1.54) is 0 Å². The van der Waals surface area contributed by atoms with Crippen molar-refractivity contribution in [2.75, 3.05) is 13.2 Å². The number of guanidine groups is 1. The highest BCUT2D eigenvalue weighted by molar-refractivity contribution is 6.38. The molecule has 1 aliphatic heterocycles. The van der Waals surface area contributed by atoms with Crippen LogP contribution in [0.5, 0.6) is 0 Å². The molecule has 2 heterocycles. The molecule has 2 aromatic carbocycles. The largest absolute Gasteiger partial charge is 0.381 e. The number of nitrogens with two attached hydrogens (primary N) is 2. The van der Waals surface area contributed by atoms with Crippen LogP contribution in [-0.4, -0.2) is 29.6 Å². The van der Waals surface area contributed by atoms with Crippen molar-refractivity contribution in [1.29, 1.82) is 0 Å². The first-order chi connectivity index (χ1) is 12.6. The number of hydrogen-bond acceptors (Lipinski definition) is 2. The zero-order valence-corrected chi connectivity index (χ0v) is 14.9. The van der Waals surface area contributed by atoms with E-state index in [-0.39, 0.29) is 12.0 Å². The van der Waals surface area contributed by atoms with Gasteiger partial charge in [-0.1, -0.05) is 29.8 Å². The van der Waals surface area contributed by atoms with Crippen LogP contribution in [-0.2, 0) is 4.74 Å². The second-order valence-electron chi connectivity index (χ2n) is 6.42. The molecule has 4 N–H and O–H groups in total. The van der Waals surface area contributed by atoms with Gasteiger partial charge in [-0.15, -0.1) is 0 Å². The van der Waals surface area contributed by atoms with Crippen molar-refractivity contribution in [1.82, 2.24) is 4.57 Å². The van der Waals surface area contributed by atoms with Gasteiger partial charge >= 0.3 is 0 Å². The lowest BCUT2D eigenvalue weighted by molar-refractivity contribution is 0.0717. The number of fused-ring (bicyclic) bond motifs is 3. The Morgan fingerprint density at radius 1 is 1.15 bits per heavy atom. The van der Waals surface area contributed by atoms with Crippen LogP contribution < -0.4 is 11.5 Å². The van der Waals surface area contributed by atoms with E-state index in [4.69, 9.17) is 27.8 Å². The Labute approximate surface area is 155 Å². The normalized spacial score (nSPS) is 15.4. The van der Waals surface area contributed by atoms with Crippen LogP contribution >= 0.6 is 11.6 Å². The minimum Gasteiger partial charge on any atom is -0.381 e. The molecule has 0 spiro atoms. The van der Waals surface area contributed by atoms with Gasteiger partial charge < -0.3 is 20.8 Å². The van der Waals surface area contributed by atoms with Crippen molar-refractivity contribution in [3.63, 3.8) is 0 Å². The molecule has 26 heavy (non-hydrogen) atoms. The van der Waals surface area contributed by atoms with Gasteiger partial charge in [0.2, 0.25) is 0 Å². The number of aromatic nitrogens is 1. The molecule has 0 radical (unpaired) electrons. The highest BCUT2D eigenvalue weighted by Crippen LogP contribution is 2.39. The summed E-state index contributed by atoms with van der Waals surface area (Å²) >= 11 is 6.57. The molecule has 1 saturated heterocycles. The lowest BCUT2D eigenvalue weighted by atomic mass is 10.1. The number of para-hydroxylation sites is 1. The quantitative estimate of drug-likeness (QED) is 0.534. The van der Waals surface area contributed by atoms with Gasteiger partial charge in [0.25, 0.3) is 5.91 Å². The second kappa shape index (κ2) is 6.63. The summed E-state index contributed by atoms with van der Waals surface area (Å²) < 4.78 is 7.78. The number of rotatable bonds is 2. The van der Waals surface area contributed by atoms with Crippen LogP contribution in [0.4, 0.5) is 0 Å². The molecule has 7 heteroatoms. The lowest BCUT2D eigenvalue weighted by Gasteiger charge is -2.25. The number of halogens is 1. The van der Waals surface area contributed by atoms with Crippen molar-refractivity contribution >= 4 is 45.3 Å². The maximum atomic E-state index is 12.3. The summed E-state index contributed by atoms with van der Waals surface area (Å²) in [5.74, 6) is -0.770. The van der Waals surface area contributed by atoms with Crippen molar-refractivity contribution in [2.45, 2.75) is 18.9 Å². The fraction of sp³-hybridized carbons (Fsp3) is 0.263. The van der Waals surface area contributed by atoms with Crippen LogP contribution in [0.2, 0.25) is 5.02 Å². The van der Waals surface area contributed by atoms with Gasteiger partial charge in [0.05, 0.1) is 10.5 Å². The predicted molar refractivity (Wildman–Crippen MR) is 104 cm³/mol. The molecule has 3 aromatic rings. The standard InChI is InChI=1S/C19H19ClN4O2/c20-14-9-11(18(25)23-19(21)22)10-16-17(14)13-3-1-2-4-15(13)24(16)12-5-7-26-8-6-12/h1-4,9-10,12H,5-8H2,(H4,21,22,23,25). The third-order valence-electron chi connectivity index (χ3n) is 4.80. The molecule has 134 valence electrons. The number of hydrogen-bond donors (Lipinski definition) is 2. The second-order valence-corrected chi connectivity index (χ2v) is 6.83. The molecule has 1 aromatic heterocycles. The number of carbonyl (C=O) groups is 1. The highest BCUT2D eigenvalue weighted by atomic mass is 35.5. The topological polar surface area (TPSA) is 95.6 Å². The van der Waals surface area contributed by atoms with E-state index < -0.39 is 5.91 Å². The van der Waals surface area contributed by atoms with Gasteiger partial charge in [0.15, 0.2) is 5.96 Å². The number of amides is 1. The fourth-order valence-electron chi connectivity index (χ4n) is 3.72. The summed E-state index contributed by atoms with van der Waals surface area (Å²) in [6.07, 6.45) is 1.83. The zero-order chi connectivity index (χ0) is 18.3. The number of nitrogens with zero attached hydrogens (tertiary/aromatic N) is 2. The fourth-order valence-corrected chi connectivity index (χ4v) is 4.03. The summed E-state index contributed by atoms with van der Waals surface area (Å²) in [4.78, 5) is 16.0. The lowest BCUT2D eigenvalue weighted by Crippen LogP contribution is -2.24. The number of benzene rings is 2. The number of carbonyl (C=O) groups excluding carboxylic acids is 1. The molecule has 6 nitrogen and oxygen atoms in total. The maximum absolute atomic E-state index is 12.3. The van der Waals surface area contributed by atoms with Crippen LogP contribution in [0, 0.1) is 0 Å². The van der Waals surface area contributed by atoms with Crippen LogP contribution in [0.3, 0.4) is 0 Å². The zero-order valence-electron chi connectivity index (χ0n) is 14.1. The van der Waals surface area contributed by atoms with Crippen LogP contribution in [0.25, 0.3) is 21.8 Å². The Morgan fingerprint density at radius 3 is 2.62 bits per heavy atom. The molecule has 0 unspecified atom stereocenters. The molecule has 1 aliphatic rings. The van der Waals surface area contributed by atoms with Gasteiger partial charge in [-0.3, -0.25) is 4.79 Å². The molecular weight excluding hydrogens is 352 g/mol. The first-order valence-corrected chi connectivity index (χ1v) is 8.88. The van der Waals surface area contributed by atoms with Gasteiger partial charge in [0.1, 0.15) is 0 Å². The van der Waals surface area contributed by atoms with Crippen molar-refractivity contribution in [3.8, 4) is 0 Å². The van der Waals surface area contributed by atoms with Gasteiger partial charge in [-0.2, -0.15) is 4.99 Å². The minimum absolute atomic E-state index is 0.267. The van der Waals surface area contributed by atoms with Crippen molar-refractivity contribution in [2.24, 2.45) is 16.5 Å². The van der Waals surface area contributed by atoms with E-state index >= 15 is 0 Å². The maximum Gasteiger partial charge on any atom is 0.280 e. The van der Waals surface area contributed by atoms with Gasteiger partial charge in [-0.25, -0.2) is 0 Å². The molecule has 0 aliphatic carbocycles. The predicted octanol–water partition coefficient (Wildman–Crippen LogP) is 3.21. The average molecular weight is 371 g/mol. The molecule has 1 amide bonds. The monoisotopic (exact) mass is 370 g/mol. The summed E-state index contributed by atoms with van der Waals surface area (Å²) in [5.41, 5.74) is 13.1. The van der Waals surface area contributed by atoms with E-state index in [9.17, 15) is 4.79 Å². The molecule has 0 bridgehead atoms. The van der Waals surface area contributed by atoms with E-state index in [0.29, 0.717) is 10.6 Å². The molecule has 4 rings (SSSR count). The Kier molecular flexibility index (Phi) is 4.30. The van der Waals surface area contributed by atoms with Crippen molar-refractivity contribution < 1.29 is 9.53 Å². The Morgan fingerprint density at radius 2 is 1.88 bits per heavy atom. The van der Waals surface area contributed by atoms with Crippen molar-refractivity contribution in [3.05, 3.63) is 47.0 Å². The van der Waals surface area contributed by atoms with E-state index in [2.05, 4.69) is 21.7 Å².